The Hall–Kier alpha value is -2.14. The van der Waals surface area contributed by atoms with Crippen LogP contribution in [0.5, 0.6) is 0 Å². The van der Waals surface area contributed by atoms with Crippen molar-refractivity contribution >= 4 is 24.2 Å². The first-order valence-electron chi connectivity index (χ1n) is 6.40. The number of fused-ring (bicyclic) bond motifs is 1. The smallest absolute Gasteiger partial charge is 0.230 e. The van der Waals surface area contributed by atoms with Gasteiger partial charge in [0.1, 0.15) is 6.17 Å². The normalized spacial score (nSPS) is 19.4. The second-order valence-electron chi connectivity index (χ2n) is 4.65. The first-order chi connectivity index (χ1) is 9.72. The van der Waals surface area contributed by atoms with Crippen molar-refractivity contribution in [3.8, 4) is 0 Å². The van der Waals surface area contributed by atoms with Crippen molar-refractivity contribution in [3.05, 3.63) is 60.6 Å². The molecule has 1 aromatic carbocycles. The minimum Gasteiger partial charge on any atom is -0.366 e. The average molecular weight is 285 g/mol. The first-order valence-corrected chi connectivity index (χ1v) is 6.84. The number of hydrogen-bond acceptors (Lipinski definition) is 4. The number of carbonyl (C=O) groups excluding carboxylic acids is 1. The van der Waals surface area contributed by atoms with E-state index < -0.39 is 0 Å². The van der Waals surface area contributed by atoms with Gasteiger partial charge in [0.25, 0.3) is 0 Å². The summed E-state index contributed by atoms with van der Waals surface area (Å²) in [5, 5.41) is 6.08. The zero-order valence-corrected chi connectivity index (χ0v) is 11.7. The van der Waals surface area contributed by atoms with Crippen molar-refractivity contribution in [2.75, 3.05) is 5.32 Å². The highest BCUT2D eigenvalue weighted by Crippen LogP contribution is 2.22. The summed E-state index contributed by atoms with van der Waals surface area (Å²) >= 11 is 4.22. The third-order valence-corrected chi connectivity index (χ3v) is 3.51. The van der Waals surface area contributed by atoms with Crippen LogP contribution in [0.2, 0.25) is 0 Å². The highest BCUT2D eigenvalue weighted by molar-refractivity contribution is 7.80. The topological polar surface area (TPSA) is 44.4 Å². The number of nitrogens with zero attached hydrogens (tertiary/aromatic N) is 1. The molecule has 20 heavy (non-hydrogen) atoms. The van der Waals surface area contributed by atoms with Gasteiger partial charge in [-0.1, -0.05) is 6.08 Å². The van der Waals surface area contributed by atoms with Crippen LogP contribution in [0.25, 0.3) is 0 Å². The van der Waals surface area contributed by atoms with E-state index in [1.54, 1.807) is 0 Å². The molecule has 3 rings (SSSR count). The Morgan fingerprint density at radius 1 is 1.35 bits per heavy atom. The second kappa shape index (κ2) is 5.46. The standard InChI is InChI=1S/C15H15N3OS/c19-15(17-11-4-6-13(20)7-5-11)10-12-2-1-3-14-16-8-9-18(12)14/h1-9,14,16,20H,10H2,(H,17,19). The summed E-state index contributed by atoms with van der Waals surface area (Å²) in [5.74, 6) is -0.0301. The van der Waals surface area contributed by atoms with Crippen molar-refractivity contribution in [2.24, 2.45) is 0 Å². The molecule has 5 heteroatoms. The number of allylic oxidation sites excluding steroid dienone is 2. The Kier molecular flexibility index (Phi) is 3.52. The summed E-state index contributed by atoms with van der Waals surface area (Å²) in [4.78, 5) is 15.0. The van der Waals surface area contributed by atoms with Crippen molar-refractivity contribution in [1.82, 2.24) is 10.2 Å². The molecule has 0 aliphatic carbocycles. The summed E-state index contributed by atoms with van der Waals surface area (Å²) in [7, 11) is 0. The lowest BCUT2D eigenvalue weighted by atomic mass is 10.1. The molecule has 2 N–H and O–H groups in total. The van der Waals surface area contributed by atoms with Crippen molar-refractivity contribution in [3.63, 3.8) is 0 Å². The lowest BCUT2D eigenvalue weighted by molar-refractivity contribution is -0.115. The molecule has 1 unspecified atom stereocenters. The minimum atomic E-state index is -0.0301. The molecule has 0 fully saturated rings. The summed E-state index contributed by atoms with van der Waals surface area (Å²) in [6.45, 7) is 0. The summed E-state index contributed by atoms with van der Waals surface area (Å²) in [5.41, 5.74) is 1.76. The molecule has 1 amide bonds. The predicted octanol–water partition coefficient (Wildman–Crippen LogP) is 2.46. The molecule has 102 valence electrons. The molecule has 2 heterocycles. The van der Waals surface area contributed by atoms with E-state index in [9.17, 15) is 4.79 Å². The highest BCUT2D eigenvalue weighted by Gasteiger charge is 2.23. The maximum atomic E-state index is 12.1. The molecular weight excluding hydrogens is 270 g/mol. The van der Waals surface area contributed by atoms with E-state index in [0.717, 1.165) is 16.3 Å². The van der Waals surface area contributed by atoms with Crippen LogP contribution in [0.3, 0.4) is 0 Å². The van der Waals surface area contributed by atoms with Gasteiger partial charge in [0.15, 0.2) is 0 Å². The Morgan fingerprint density at radius 2 is 2.15 bits per heavy atom. The molecule has 0 radical (unpaired) electrons. The monoisotopic (exact) mass is 285 g/mol. The SMILES string of the molecule is O=C(CC1=CC=CC2NC=CN12)Nc1ccc(S)cc1. The van der Waals surface area contributed by atoms with E-state index in [0.29, 0.717) is 6.42 Å². The van der Waals surface area contributed by atoms with Gasteiger partial charge >= 0.3 is 0 Å². The van der Waals surface area contributed by atoms with Gasteiger partial charge in [-0.2, -0.15) is 0 Å². The first kappa shape index (κ1) is 12.9. The molecule has 1 atom stereocenters. The zero-order valence-electron chi connectivity index (χ0n) is 10.8. The number of anilines is 1. The molecule has 0 saturated heterocycles. The van der Waals surface area contributed by atoms with E-state index in [1.807, 2.05) is 54.9 Å². The lowest BCUT2D eigenvalue weighted by Crippen LogP contribution is -2.35. The van der Waals surface area contributed by atoms with E-state index in [2.05, 4.69) is 28.2 Å². The highest BCUT2D eigenvalue weighted by atomic mass is 32.1. The molecule has 0 saturated carbocycles. The number of rotatable bonds is 3. The number of carbonyl (C=O) groups is 1. The Morgan fingerprint density at radius 3 is 2.95 bits per heavy atom. The third kappa shape index (κ3) is 2.72. The zero-order chi connectivity index (χ0) is 13.9. The fourth-order valence-electron chi connectivity index (χ4n) is 2.24. The maximum Gasteiger partial charge on any atom is 0.230 e. The summed E-state index contributed by atoms with van der Waals surface area (Å²) < 4.78 is 0. The van der Waals surface area contributed by atoms with Gasteiger partial charge in [0.2, 0.25) is 5.91 Å². The largest absolute Gasteiger partial charge is 0.366 e. The van der Waals surface area contributed by atoms with Crippen LogP contribution in [-0.2, 0) is 4.79 Å². The Bertz CT molecular complexity index is 604. The Balaban J connectivity index is 1.64. The number of thiol groups is 1. The van der Waals surface area contributed by atoms with E-state index in [-0.39, 0.29) is 12.1 Å². The van der Waals surface area contributed by atoms with Gasteiger partial charge in [0, 0.05) is 28.7 Å². The molecule has 4 nitrogen and oxygen atoms in total. The lowest BCUT2D eigenvalue weighted by Gasteiger charge is -2.27. The van der Waals surface area contributed by atoms with Crippen LogP contribution in [0, 0.1) is 0 Å². The second-order valence-corrected chi connectivity index (χ2v) is 5.17. The fraction of sp³-hybridized carbons (Fsp3) is 0.133. The van der Waals surface area contributed by atoms with Crippen LogP contribution in [0.15, 0.2) is 65.5 Å². The van der Waals surface area contributed by atoms with Crippen molar-refractivity contribution in [1.29, 1.82) is 0 Å². The van der Waals surface area contributed by atoms with E-state index in [1.165, 1.54) is 0 Å². The predicted molar refractivity (Wildman–Crippen MR) is 82.1 cm³/mol. The maximum absolute atomic E-state index is 12.1. The number of amides is 1. The van der Waals surface area contributed by atoms with Crippen LogP contribution in [0.4, 0.5) is 5.69 Å². The van der Waals surface area contributed by atoms with Gasteiger partial charge < -0.3 is 15.5 Å². The van der Waals surface area contributed by atoms with Crippen LogP contribution < -0.4 is 10.6 Å². The van der Waals surface area contributed by atoms with Gasteiger partial charge in [-0.3, -0.25) is 4.79 Å². The molecular formula is C15H15N3OS. The molecule has 0 bridgehead atoms. The van der Waals surface area contributed by atoms with Gasteiger partial charge in [-0.15, -0.1) is 12.6 Å². The van der Waals surface area contributed by atoms with Crippen molar-refractivity contribution < 1.29 is 4.79 Å². The van der Waals surface area contributed by atoms with Gasteiger partial charge in [0.05, 0.1) is 6.42 Å². The molecule has 0 aromatic heterocycles. The molecule has 1 aromatic rings. The number of nitrogens with one attached hydrogen (secondary N) is 2. The summed E-state index contributed by atoms with van der Waals surface area (Å²) in [6.07, 6.45) is 10.3. The number of hydrogen-bond donors (Lipinski definition) is 3. The van der Waals surface area contributed by atoms with Crippen LogP contribution in [-0.4, -0.2) is 17.0 Å². The molecule has 2 aliphatic rings. The fourth-order valence-corrected chi connectivity index (χ4v) is 2.39. The van der Waals surface area contributed by atoms with Gasteiger partial charge in [-0.25, -0.2) is 0 Å². The van der Waals surface area contributed by atoms with E-state index in [4.69, 9.17) is 0 Å². The minimum absolute atomic E-state index is 0.0301. The van der Waals surface area contributed by atoms with Crippen molar-refractivity contribution in [2.45, 2.75) is 17.5 Å². The summed E-state index contributed by atoms with van der Waals surface area (Å²) in [6, 6.07) is 7.39. The van der Waals surface area contributed by atoms with Crippen LogP contribution in [0.1, 0.15) is 6.42 Å². The van der Waals surface area contributed by atoms with Gasteiger partial charge in [-0.05, 0) is 36.4 Å². The quantitative estimate of drug-likeness (QED) is 0.748. The Labute approximate surface area is 123 Å². The molecule has 2 aliphatic heterocycles. The third-order valence-electron chi connectivity index (χ3n) is 3.21. The molecule has 0 spiro atoms. The number of benzene rings is 1. The average Bonchev–Trinajstić information content (AvgIpc) is 2.91. The van der Waals surface area contributed by atoms with Crippen LogP contribution >= 0.6 is 12.6 Å². The van der Waals surface area contributed by atoms with E-state index >= 15 is 0 Å².